The van der Waals surface area contributed by atoms with Gasteiger partial charge in [0.2, 0.25) is 11.9 Å². The minimum absolute atomic E-state index is 0.171. The predicted octanol–water partition coefficient (Wildman–Crippen LogP) is 2.29. The van der Waals surface area contributed by atoms with Crippen molar-refractivity contribution in [3.63, 3.8) is 0 Å². The molecule has 1 fully saturated rings. The maximum atomic E-state index is 13.1. The Morgan fingerprint density at radius 3 is 2.66 bits per heavy atom. The number of anilines is 1. The zero-order valence-electron chi connectivity index (χ0n) is 15.5. The van der Waals surface area contributed by atoms with Crippen LogP contribution in [0.3, 0.4) is 0 Å². The van der Waals surface area contributed by atoms with Gasteiger partial charge in [-0.2, -0.15) is 5.10 Å². The number of benzene rings is 1. The van der Waals surface area contributed by atoms with Gasteiger partial charge in [-0.25, -0.2) is 19.0 Å². The lowest BCUT2D eigenvalue weighted by molar-refractivity contribution is -0.121. The molecular weight excluding hydrogens is 375 g/mol. The molecule has 0 saturated carbocycles. The van der Waals surface area contributed by atoms with Crippen molar-refractivity contribution in [3.8, 4) is 5.95 Å². The summed E-state index contributed by atoms with van der Waals surface area (Å²) in [5.74, 6) is -0.684. The number of carbonyl (C=O) groups is 2. The van der Waals surface area contributed by atoms with Gasteiger partial charge in [0.15, 0.2) is 0 Å². The summed E-state index contributed by atoms with van der Waals surface area (Å²) in [7, 11) is 0. The van der Waals surface area contributed by atoms with Crippen LogP contribution in [-0.4, -0.2) is 49.6 Å². The van der Waals surface area contributed by atoms with Crippen LogP contribution in [0.25, 0.3) is 5.95 Å². The molecule has 9 heteroatoms. The highest BCUT2D eigenvalue weighted by Crippen LogP contribution is 2.21. The van der Waals surface area contributed by atoms with Crippen LogP contribution in [0.1, 0.15) is 23.2 Å². The molecule has 0 bridgehead atoms. The molecule has 1 saturated heterocycles. The highest BCUT2D eigenvalue weighted by Gasteiger charge is 2.29. The lowest BCUT2D eigenvalue weighted by Gasteiger charge is -2.32. The van der Waals surface area contributed by atoms with Crippen LogP contribution < -0.4 is 5.32 Å². The first-order valence-electron chi connectivity index (χ1n) is 9.28. The fourth-order valence-electron chi connectivity index (χ4n) is 3.30. The third kappa shape index (κ3) is 4.29. The number of carbonyl (C=O) groups excluding carboxylic acids is 2. The quantitative estimate of drug-likeness (QED) is 0.733. The summed E-state index contributed by atoms with van der Waals surface area (Å²) in [6.07, 6.45) is 7.79. The molecule has 1 aliphatic heterocycles. The van der Waals surface area contributed by atoms with E-state index in [1.807, 2.05) is 0 Å². The minimum atomic E-state index is -0.390. The largest absolute Gasteiger partial charge is 0.338 e. The van der Waals surface area contributed by atoms with Gasteiger partial charge in [-0.05, 0) is 43.2 Å². The molecule has 2 aromatic heterocycles. The number of halogens is 1. The zero-order chi connectivity index (χ0) is 20.2. The summed E-state index contributed by atoms with van der Waals surface area (Å²) in [5.41, 5.74) is 0.945. The number of likely N-dealkylation sites (tertiary alicyclic amines) is 1. The Morgan fingerprint density at radius 1 is 1.14 bits per heavy atom. The van der Waals surface area contributed by atoms with Crippen molar-refractivity contribution < 1.29 is 14.0 Å². The number of nitrogens with zero attached hydrogens (tertiary/aromatic N) is 5. The van der Waals surface area contributed by atoms with Crippen molar-refractivity contribution in [1.82, 2.24) is 24.6 Å². The predicted molar refractivity (Wildman–Crippen MR) is 103 cm³/mol. The Hall–Kier alpha value is -3.62. The number of rotatable bonds is 4. The number of hydrogen-bond donors (Lipinski definition) is 1. The minimum Gasteiger partial charge on any atom is -0.338 e. The van der Waals surface area contributed by atoms with E-state index in [2.05, 4.69) is 20.4 Å². The molecule has 1 aliphatic rings. The van der Waals surface area contributed by atoms with Gasteiger partial charge < -0.3 is 10.2 Å². The van der Waals surface area contributed by atoms with Crippen molar-refractivity contribution in [2.75, 3.05) is 18.4 Å². The topological polar surface area (TPSA) is 93.0 Å². The molecule has 0 spiro atoms. The molecule has 1 atom stereocenters. The Labute approximate surface area is 166 Å². The SMILES string of the molecule is O=C(Nc1cnn(-c2ncccn2)c1)C1CCCN(C(=O)c2ccc(F)cc2)C1. The first-order chi connectivity index (χ1) is 14.1. The molecule has 8 nitrogen and oxygen atoms in total. The van der Waals surface area contributed by atoms with Gasteiger partial charge in [0, 0.05) is 31.0 Å². The molecule has 3 heterocycles. The molecule has 148 valence electrons. The van der Waals surface area contributed by atoms with Gasteiger partial charge in [-0.15, -0.1) is 0 Å². The van der Waals surface area contributed by atoms with E-state index in [0.717, 1.165) is 6.42 Å². The van der Waals surface area contributed by atoms with Gasteiger partial charge in [-0.3, -0.25) is 9.59 Å². The van der Waals surface area contributed by atoms with Crippen LogP contribution in [0.2, 0.25) is 0 Å². The molecule has 3 aromatic rings. The Bertz CT molecular complexity index is 1010. The van der Waals surface area contributed by atoms with E-state index in [-0.39, 0.29) is 23.5 Å². The Kier molecular flexibility index (Phi) is 5.28. The maximum Gasteiger partial charge on any atom is 0.253 e. The number of amides is 2. The summed E-state index contributed by atoms with van der Waals surface area (Å²) in [4.78, 5) is 35.2. The highest BCUT2D eigenvalue weighted by atomic mass is 19.1. The van der Waals surface area contributed by atoms with Crippen LogP contribution >= 0.6 is 0 Å². The number of nitrogens with one attached hydrogen (secondary N) is 1. The number of piperidine rings is 1. The molecule has 2 amide bonds. The fourth-order valence-corrected chi connectivity index (χ4v) is 3.30. The fraction of sp³-hybridized carbons (Fsp3) is 0.250. The molecule has 4 rings (SSSR count). The first-order valence-corrected chi connectivity index (χ1v) is 9.28. The number of hydrogen-bond acceptors (Lipinski definition) is 5. The lowest BCUT2D eigenvalue weighted by Crippen LogP contribution is -2.43. The Morgan fingerprint density at radius 2 is 1.90 bits per heavy atom. The van der Waals surface area contributed by atoms with Crippen molar-refractivity contribution in [3.05, 3.63) is 66.5 Å². The smallest absolute Gasteiger partial charge is 0.253 e. The lowest BCUT2D eigenvalue weighted by atomic mass is 9.96. The van der Waals surface area contributed by atoms with E-state index in [0.29, 0.717) is 36.7 Å². The number of aromatic nitrogens is 4. The van der Waals surface area contributed by atoms with Crippen molar-refractivity contribution in [1.29, 1.82) is 0 Å². The summed E-state index contributed by atoms with van der Waals surface area (Å²) in [5, 5.41) is 7.00. The standard InChI is InChI=1S/C20H19FN6O2/c21-16-6-4-14(5-7-16)19(29)26-10-1-3-15(12-26)18(28)25-17-11-24-27(13-17)20-22-8-2-9-23-20/h2,4-9,11,13,15H,1,3,10,12H2,(H,25,28). The summed E-state index contributed by atoms with van der Waals surface area (Å²) in [6, 6.07) is 7.14. The Balaban J connectivity index is 1.39. The summed E-state index contributed by atoms with van der Waals surface area (Å²) < 4.78 is 14.6. The molecule has 0 radical (unpaired) electrons. The average molecular weight is 394 g/mol. The van der Waals surface area contributed by atoms with Gasteiger partial charge in [0.05, 0.1) is 24.0 Å². The second-order valence-electron chi connectivity index (χ2n) is 6.81. The van der Waals surface area contributed by atoms with Crippen molar-refractivity contribution >= 4 is 17.5 Å². The van der Waals surface area contributed by atoms with Crippen molar-refractivity contribution in [2.45, 2.75) is 12.8 Å². The molecular formula is C20H19FN6O2. The van der Waals surface area contributed by atoms with E-state index < -0.39 is 0 Å². The first kappa shape index (κ1) is 18.7. The molecule has 0 aliphatic carbocycles. The maximum absolute atomic E-state index is 13.1. The average Bonchev–Trinajstić information content (AvgIpc) is 3.23. The third-order valence-electron chi connectivity index (χ3n) is 4.78. The van der Waals surface area contributed by atoms with Crippen LogP contribution in [0, 0.1) is 11.7 Å². The van der Waals surface area contributed by atoms with Crippen LogP contribution in [-0.2, 0) is 4.79 Å². The van der Waals surface area contributed by atoms with E-state index >= 15 is 0 Å². The van der Waals surface area contributed by atoms with Crippen molar-refractivity contribution in [2.24, 2.45) is 5.92 Å². The van der Waals surface area contributed by atoms with Gasteiger partial charge in [0.1, 0.15) is 5.82 Å². The normalized spacial score (nSPS) is 16.4. The monoisotopic (exact) mass is 394 g/mol. The zero-order valence-corrected chi connectivity index (χ0v) is 15.5. The van der Waals surface area contributed by atoms with Gasteiger partial charge >= 0.3 is 0 Å². The second-order valence-corrected chi connectivity index (χ2v) is 6.81. The van der Waals surface area contributed by atoms with Crippen LogP contribution in [0.15, 0.2) is 55.1 Å². The molecule has 1 unspecified atom stereocenters. The second kappa shape index (κ2) is 8.17. The molecule has 1 N–H and O–H groups in total. The molecule has 1 aromatic carbocycles. The molecule has 29 heavy (non-hydrogen) atoms. The van der Waals surface area contributed by atoms with Gasteiger partial charge in [0.25, 0.3) is 5.91 Å². The summed E-state index contributed by atoms with van der Waals surface area (Å²) >= 11 is 0. The van der Waals surface area contributed by atoms with E-state index in [1.54, 1.807) is 29.6 Å². The van der Waals surface area contributed by atoms with E-state index in [4.69, 9.17) is 0 Å². The summed E-state index contributed by atoms with van der Waals surface area (Å²) in [6.45, 7) is 0.890. The highest BCUT2D eigenvalue weighted by molar-refractivity contribution is 5.96. The van der Waals surface area contributed by atoms with Crippen LogP contribution in [0.5, 0.6) is 0 Å². The van der Waals surface area contributed by atoms with Crippen LogP contribution in [0.4, 0.5) is 10.1 Å². The van der Waals surface area contributed by atoms with Gasteiger partial charge in [-0.1, -0.05) is 0 Å². The third-order valence-corrected chi connectivity index (χ3v) is 4.78. The van der Waals surface area contributed by atoms with E-state index in [1.165, 1.54) is 35.1 Å². The van der Waals surface area contributed by atoms with E-state index in [9.17, 15) is 14.0 Å².